The number of carbonyl (C=O) groups excluding carboxylic acids is 1. The minimum atomic E-state index is -0.364. The van der Waals surface area contributed by atoms with E-state index in [1.165, 1.54) is 16.7 Å². The number of aromatic nitrogens is 1. The second kappa shape index (κ2) is 10.4. The van der Waals surface area contributed by atoms with Crippen LogP contribution < -0.4 is 20.3 Å². The summed E-state index contributed by atoms with van der Waals surface area (Å²) in [4.78, 5) is 28.0. The van der Waals surface area contributed by atoms with Gasteiger partial charge in [-0.15, -0.1) is 6.58 Å². The van der Waals surface area contributed by atoms with E-state index < -0.39 is 0 Å². The molecule has 0 unspecified atom stereocenters. The van der Waals surface area contributed by atoms with Crippen LogP contribution in [0.5, 0.6) is 11.5 Å². The van der Waals surface area contributed by atoms with Crippen molar-refractivity contribution in [2.45, 2.75) is 33.4 Å². The summed E-state index contributed by atoms with van der Waals surface area (Å²) in [6, 6.07) is 7.68. The van der Waals surface area contributed by atoms with Gasteiger partial charge in [-0.3, -0.25) is 19.1 Å². The molecule has 2 aromatic rings. The molecule has 8 nitrogen and oxygen atoms in total. The number of thiocarbonyl (C=S) groups is 1. The molecule has 10 heteroatoms. The maximum atomic E-state index is 13.2. The highest BCUT2D eigenvalue weighted by molar-refractivity contribution is 8.26. The number of hydrogen-bond donors (Lipinski definition) is 1. The van der Waals surface area contributed by atoms with Crippen molar-refractivity contribution >= 4 is 46.1 Å². The summed E-state index contributed by atoms with van der Waals surface area (Å²) >= 11 is 6.56. The maximum absolute atomic E-state index is 13.2. The van der Waals surface area contributed by atoms with Crippen LogP contribution in [0.3, 0.4) is 0 Å². The number of rotatable bonds is 8. The van der Waals surface area contributed by atoms with Crippen molar-refractivity contribution in [1.29, 1.82) is 5.26 Å². The SMILES string of the molecule is C=CCN1C(=O)/C(=C\c2c(C)c(C#N)c(=O)n(CCC)c2NCc2ccc3c(c2)OCO3)SC1=S. The van der Waals surface area contributed by atoms with E-state index in [0.29, 0.717) is 63.7 Å². The highest BCUT2D eigenvalue weighted by atomic mass is 32.2. The van der Waals surface area contributed by atoms with Crippen molar-refractivity contribution in [3.63, 3.8) is 0 Å². The fraction of sp³-hybridized carbons (Fsp3) is 0.280. The smallest absolute Gasteiger partial charge is 0.270 e. The van der Waals surface area contributed by atoms with Crippen LogP contribution in [-0.2, 0) is 17.9 Å². The lowest BCUT2D eigenvalue weighted by molar-refractivity contribution is -0.121. The number of fused-ring (bicyclic) bond motifs is 1. The first-order chi connectivity index (χ1) is 16.9. The van der Waals surface area contributed by atoms with E-state index in [-0.39, 0.29) is 23.8 Å². The number of ether oxygens (including phenoxy) is 2. The minimum Gasteiger partial charge on any atom is -0.454 e. The number of carbonyl (C=O) groups is 1. The molecule has 0 spiro atoms. The molecule has 1 saturated heterocycles. The van der Waals surface area contributed by atoms with Gasteiger partial charge in [0.15, 0.2) is 11.5 Å². The van der Waals surface area contributed by atoms with Gasteiger partial charge in [-0.05, 0) is 42.7 Å². The largest absolute Gasteiger partial charge is 0.454 e. The first-order valence-corrected chi connectivity index (χ1v) is 12.3. The Labute approximate surface area is 212 Å². The molecule has 1 N–H and O–H groups in total. The van der Waals surface area contributed by atoms with Gasteiger partial charge in [0.25, 0.3) is 11.5 Å². The molecule has 35 heavy (non-hydrogen) atoms. The Morgan fingerprint density at radius 1 is 1.31 bits per heavy atom. The number of thioether (sulfide) groups is 1. The molecule has 4 rings (SSSR count). The number of amides is 1. The molecule has 180 valence electrons. The third-order valence-electron chi connectivity index (χ3n) is 5.68. The second-order valence-corrected chi connectivity index (χ2v) is 9.63. The predicted molar refractivity (Wildman–Crippen MR) is 140 cm³/mol. The van der Waals surface area contributed by atoms with E-state index in [1.807, 2.05) is 31.2 Å². The zero-order valence-corrected chi connectivity index (χ0v) is 21.1. The highest BCUT2D eigenvalue weighted by Gasteiger charge is 2.32. The number of nitrogens with one attached hydrogen (secondary N) is 1. The summed E-state index contributed by atoms with van der Waals surface area (Å²) in [5.74, 6) is 1.67. The van der Waals surface area contributed by atoms with E-state index in [1.54, 1.807) is 23.6 Å². The summed E-state index contributed by atoms with van der Waals surface area (Å²) in [6.45, 7) is 8.67. The summed E-state index contributed by atoms with van der Waals surface area (Å²) in [5.41, 5.74) is 1.73. The van der Waals surface area contributed by atoms with Crippen LogP contribution in [0.2, 0.25) is 0 Å². The van der Waals surface area contributed by atoms with E-state index in [9.17, 15) is 14.9 Å². The Hall–Kier alpha value is -3.55. The lowest BCUT2D eigenvalue weighted by Crippen LogP contribution is -2.29. The Morgan fingerprint density at radius 2 is 2.09 bits per heavy atom. The molecule has 2 aliphatic rings. The summed E-state index contributed by atoms with van der Waals surface area (Å²) in [7, 11) is 0. The Kier molecular flexibility index (Phi) is 7.28. The van der Waals surface area contributed by atoms with Crippen molar-refractivity contribution in [3.05, 3.63) is 68.4 Å². The van der Waals surface area contributed by atoms with Crippen molar-refractivity contribution in [1.82, 2.24) is 9.47 Å². The van der Waals surface area contributed by atoms with Crippen LogP contribution in [0, 0.1) is 18.3 Å². The van der Waals surface area contributed by atoms with Gasteiger partial charge in [-0.25, -0.2) is 0 Å². The lowest BCUT2D eigenvalue weighted by Gasteiger charge is -2.20. The normalized spacial score (nSPS) is 15.6. The quantitative estimate of drug-likeness (QED) is 0.323. The number of benzene rings is 1. The average molecular weight is 509 g/mol. The van der Waals surface area contributed by atoms with Gasteiger partial charge in [0.1, 0.15) is 21.8 Å². The molecule has 1 aromatic heterocycles. The first-order valence-electron chi connectivity index (χ1n) is 11.1. The third-order valence-corrected chi connectivity index (χ3v) is 7.06. The van der Waals surface area contributed by atoms with Crippen LogP contribution >= 0.6 is 24.0 Å². The Morgan fingerprint density at radius 3 is 2.80 bits per heavy atom. The molecule has 0 bridgehead atoms. The van der Waals surface area contributed by atoms with Crippen molar-refractivity contribution < 1.29 is 14.3 Å². The zero-order chi connectivity index (χ0) is 25.1. The van der Waals surface area contributed by atoms with Crippen molar-refractivity contribution in [2.24, 2.45) is 0 Å². The van der Waals surface area contributed by atoms with Gasteiger partial charge in [0.2, 0.25) is 6.79 Å². The predicted octanol–water partition coefficient (Wildman–Crippen LogP) is 4.17. The van der Waals surface area contributed by atoms with Crippen LogP contribution in [0.1, 0.15) is 35.6 Å². The van der Waals surface area contributed by atoms with Crippen LogP contribution in [0.4, 0.5) is 5.82 Å². The third kappa shape index (κ3) is 4.70. The molecule has 2 aliphatic heterocycles. The van der Waals surface area contributed by atoms with Gasteiger partial charge in [-0.1, -0.05) is 43.0 Å². The molecule has 0 saturated carbocycles. The van der Waals surface area contributed by atoms with Gasteiger partial charge in [0, 0.05) is 25.2 Å². The number of pyridine rings is 1. The fourth-order valence-corrected chi connectivity index (χ4v) is 5.20. The van der Waals surface area contributed by atoms with Crippen LogP contribution in [0.15, 0.2) is 40.6 Å². The molecular weight excluding hydrogens is 484 g/mol. The molecular formula is C25H24N4O4S2. The maximum Gasteiger partial charge on any atom is 0.270 e. The summed E-state index contributed by atoms with van der Waals surface area (Å²) < 4.78 is 12.9. The lowest BCUT2D eigenvalue weighted by atomic mass is 10.0. The van der Waals surface area contributed by atoms with Gasteiger partial charge < -0.3 is 14.8 Å². The second-order valence-electron chi connectivity index (χ2n) is 7.95. The standard InChI is InChI=1S/C25H24N4O4S2/c1-4-8-28-22(27-13-16-6-7-19-20(10-16)33-14-32-19)17(15(3)18(12-26)23(28)30)11-21-24(31)29(9-5-2)25(34)35-21/h5-7,10-11,27H,2,4,8-9,13-14H2,1,3H3/b21-11+. The number of anilines is 1. The molecule has 1 amide bonds. The van der Waals surface area contributed by atoms with E-state index in [4.69, 9.17) is 21.7 Å². The summed E-state index contributed by atoms with van der Waals surface area (Å²) in [6.07, 6.45) is 4.02. The fourth-order valence-electron chi connectivity index (χ4n) is 3.94. The van der Waals surface area contributed by atoms with Gasteiger partial charge in [0.05, 0.1) is 4.91 Å². The molecule has 0 atom stereocenters. The van der Waals surface area contributed by atoms with Crippen molar-refractivity contribution in [3.8, 4) is 17.6 Å². The van der Waals surface area contributed by atoms with Crippen LogP contribution in [-0.4, -0.2) is 33.0 Å². The number of hydrogen-bond acceptors (Lipinski definition) is 8. The van der Waals surface area contributed by atoms with Crippen LogP contribution in [0.25, 0.3) is 6.08 Å². The average Bonchev–Trinajstić information content (AvgIpc) is 3.41. The number of nitrogens with zero attached hydrogens (tertiary/aromatic N) is 3. The monoisotopic (exact) mass is 508 g/mol. The van der Waals surface area contributed by atoms with Gasteiger partial charge >= 0.3 is 0 Å². The summed E-state index contributed by atoms with van der Waals surface area (Å²) in [5, 5.41) is 13.1. The molecule has 0 radical (unpaired) electrons. The van der Waals surface area contributed by atoms with Gasteiger partial charge in [-0.2, -0.15) is 5.26 Å². The molecule has 1 fully saturated rings. The zero-order valence-electron chi connectivity index (χ0n) is 19.4. The highest BCUT2D eigenvalue weighted by Crippen LogP contribution is 2.36. The number of nitriles is 1. The van der Waals surface area contributed by atoms with E-state index in [2.05, 4.69) is 11.9 Å². The Bertz CT molecular complexity index is 1360. The molecule has 0 aliphatic carbocycles. The molecule has 1 aromatic carbocycles. The van der Waals surface area contributed by atoms with E-state index >= 15 is 0 Å². The first kappa shape index (κ1) is 24.6. The Balaban J connectivity index is 1.80. The topological polar surface area (TPSA) is 96.6 Å². The minimum absolute atomic E-state index is 0.0555. The van der Waals surface area contributed by atoms with E-state index in [0.717, 1.165) is 5.56 Å². The van der Waals surface area contributed by atoms with Crippen molar-refractivity contribution in [2.75, 3.05) is 18.7 Å². The molecule has 3 heterocycles.